The standard InChI is InChI=1S/C10H16N4O/c1-15-8-9(11)12-6-13-10(8)14-7-4-2-3-5-7/h6-7H,2-5H2,1H3,(H3,11,12,13,14). The minimum absolute atomic E-state index is 0.382. The molecule has 1 aromatic rings. The SMILES string of the molecule is COc1c(N)ncnc1NC1CCCC1. The van der Waals surface area contributed by atoms with Gasteiger partial charge in [-0.3, -0.25) is 0 Å². The first-order chi connectivity index (χ1) is 7.31. The summed E-state index contributed by atoms with van der Waals surface area (Å²) in [5.74, 6) is 1.63. The summed E-state index contributed by atoms with van der Waals surface area (Å²) in [5, 5.41) is 3.35. The van der Waals surface area contributed by atoms with E-state index in [-0.39, 0.29) is 0 Å². The first-order valence-corrected chi connectivity index (χ1v) is 5.22. The maximum Gasteiger partial charge on any atom is 0.203 e. The van der Waals surface area contributed by atoms with Gasteiger partial charge in [0.1, 0.15) is 6.33 Å². The molecule has 0 aliphatic heterocycles. The van der Waals surface area contributed by atoms with Gasteiger partial charge in [-0.25, -0.2) is 9.97 Å². The lowest BCUT2D eigenvalue weighted by Gasteiger charge is -2.15. The number of nitrogen functional groups attached to an aromatic ring is 1. The first-order valence-electron chi connectivity index (χ1n) is 5.22. The lowest BCUT2D eigenvalue weighted by molar-refractivity contribution is 0.414. The van der Waals surface area contributed by atoms with Crippen LogP contribution < -0.4 is 15.8 Å². The summed E-state index contributed by atoms with van der Waals surface area (Å²) in [6.07, 6.45) is 6.39. The van der Waals surface area contributed by atoms with Crippen molar-refractivity contribution in [2.45, 2.75) is 31.7 Å². The van der Waals surface area contributed by atoms with Crippen molar-refractivity contribution in [2.75, 3.05) is 18.2 Å². The number of aromatic nitrogens is 2. The van der Waals surface area contributed by atoms with Crippen molar-refractivity contribution in [2.24, 2.45) is 0 Å². The largest absolute Gasteiger partial charge is 0.490 e. The van der Waals surface area contributed by atoms with Gasteiger partial charge in [0, 0.05) is 6.04 Å². The number of methoxy groups -OCH3 is 1. The third kappa shape index (κ3) is 2.11. The quantitative estimate of drug-likeness (QED) is 0.786. The van der Waals surface area contributed by atoms with Crippen LogP contribution in [0.4, 0.5) is 11.6 Å². The number of nitrogens with zero attached hydrogens (tertiary/aromatic N) is 2. The van der Waals surface area contributed by atoms with E-state index in [9.17, 15) is 0 Å². The smallest absolute Gasteiger partial charge is 0.203 e. The topological polar surface area (TPSA) is 73.1 Å². The van der Waals surface area contributed by atoms with E-state index in [1.54, 1.807) is 7.11 Å². The summed E-state index contributed by atoms with van der Waals surface area (Å²) in [6, 6.07) is 0.494. The molecule has 2 rings (SSSR count). The number of nitrogens with one attached hydrogen (secondary N) is 1. The molecule has 1 fully saturated rings. The molecule has 1 aliphatic carbocycles. The molecule has 15 heavy (non-hydrogen) atoms. The van der Waals surface area contributed by atoms with Crippen molar-refractivity contribution in [1.29, 1.82) is 0 Å². The Bertz CT molecular complexity index is 336. The van der Waals surface area contributed by atoms with Crippen molar-refractivity contribution in [3.05, 3.63) is 6.33 Å². The Hall–Kier alpha value is -1.52. The van der Waals surface area contributed by atoms with Crippen molar-refractivity contribution < 1.29 is 4.74 Å². The van der Waals surface area contributed by atoms with Crippen molar-refractivity contribution in [3.8, 4) is 5.75 Å². The zero-order valence-electron chi connectivity index (χ0n) is 8.86. The highest BCUT2D eigenvalue weighted by Crippen LogP contribution is 2.29. The average molecular weight is 208 g/mol. The summed E-state index contributed by atoms with van der Waals surface area (Å²) >= 11 is 0. The van der Waals surface area contributed by atoms with E-state index in [4.69, 9.17) is 10.5 Å². The minimum Gasteiger partial charge on any atom is -0.490 e. The molecule has 0 amide bonds. The monoisotopic (exact) mass is 208 g/mol. The fourth-order valence-corrected chi connectivity index (χ4v) is 1.95. The van der Waals surface area contributed by atoms with Gasteiger partial charge in [0.15, 0.2) is 11.6 Å². The van der Waals surface area contributed by atoms with E-state index in [1.807, 2.05) is 0 Å². The van der Waals surface area contributed by atoms with E-state index in [2.05, 4.69) is 15.3 Å². The van der Waals surface area contributed by atoms with Gasteiger partial charge in [0.25, 0.3) is 0 Å². The zero-order chi connectivity index (χ0) is 10.7. The number of ether oxygens (including phenoxy) is 1. The van der Waals surface area contributed by atoms with Gasteiger partial charge >= 0.3 is 0 Å². The summed E-state index contributed by atoms with van der Waals surface area (Å²) in [6.45, 7) is 0. The molecule has 0 spiro atoms. The Morgan fingerprint density at radius 2 is 2.13 bits per heavy atom. The lowest BCUT2D eigenvalue weighted by Crippen LogP contribution is -2.16. The molecule has 0 radical (unpaired) electrons. The van der Waals surface area contributed by atoms with Crippen LogP contribution in [0.15, 0.2) is 6.33 Å². The van der Waals surface area contributed by atoms with Crippen LogP contribution in [-0.2, 0) is 0 Å². The van der Waals surface area contributed by atoms with Crippen molar-refractivity contribution >= 4 is 11.6 Å². The van der Waals surface area contributed by atoms with Crippen LogP contribution in [0.2, 0.25) is 0 Å². The highest BCUT2D eigenvalue weighted by Gasteiger charge is 2.18. The van der Waals surface area contributed by atoms with Crippen LogP contribution in [0.1, 0.15) is 25.7 Å². The summed E-state index contributed by atoms with van der Waals surface area (Å²) in [4.78, 5) is 8.03. The molecule has 5 nitrogen and oxygen atoms in total. The number of anilines is 2. The second-order valence-electron chi connectivity index (χ2n) is 3.77. The van der Waals surface area contributed by atoms with Gasteiger partial charge in [-0.1, -0.05) is 12.8 Å². The molecular weight excluding hydrogens is 192 g/mol. The Kier molecular flexibility index (Phi) is 2.89. The van der Waals surface area contributed by atoms with Gasteiger partial charge in [0.05, 0.1) is 7.11 Å². The molecule has 82 valence electrons. The van der Waals surface area contributed by atoms with Crippen LogP contribution in [0.25, 0.3) is 0 Å². The number of hydrogen-bond acceptors (Lipinski definition) is 5. The molecule has 0 aromatic carbocycles. The molecule has 1 saturated carbocycles. The van der Waals surface area contributed by atoms with Crippen LogP contribution >= 0.6 is 0 Å². The molecule has 0 bridgehead atoms. The predicted octanol–water partition coefficient (Wildman–Crippen LogP) is 1.42. The minimum atomic E-state index is 0.382. The normalized spacial score (nSPS) is 16.6. The molecule has 0 atom stereocenters. The van der Waals surface area contributed by atoms with Gasteiger partial charge in [-0.15, -0.1) is 0 Å². The van der Waals surface area contributed by atoms with Crippen LogP contribution in [-0.4, -0.2) is 23.1 Å². The van der Waals surface area contributed by atoms with Crippen LogP contribution in [0.3, 0.4) is 0 Å². The third-order valence-electron chi connectivity index (χ3n) is 2.73. The van der Waals surface area contributed by atoms with E-state index in [1.165, 1.54) is 32.0 Å². The van der Waals surface area contributed by atoms with Crippen LogP contribution in [0, 0.1) is 0 Å². The Balaban J connectivity index is 2.15. The van der Waals surface area contributed by atoms with E-state index in [0.717, 1.165) is 0 Å². The summed E-state index contributed by atoms with van der Waals surface area (Å²) in [7, 11) is 1.58. The number of hydrogen-bond donors (Lipinski definition) is 2. The fraction of sp³-hybridized carbons (Fsp3) is 0.600. The molecule has 3 N–H and O–H groups in total. The van der Waals surface area contributed by atoms with E-state index >= 15 is 0 Å². The number of nitrogens with two attached hydrogens (primary N) is 1. The second-order valence-corrected chi connectivity index (χ2v) is 3.77. The van der Waals surface area contributed by atoms with Gasteiger partial charge < -0.3 is 15.8 Å². The second kappa shape index (κ2) is 4.33. The predicted molar refractivity (Wildman–Crippen MR) is 58.9 cm³/mol. The lowest BCUT2D eigenvalue weighted by atomic mass is 10.2. The zero-order valence-corrected chi connectivity index (χ0v) is 8.86. The highest BCUT2D eigenvalue weighted by molar-refractivity contribution is 5.61. The third-order valence-corrected chi connectivity index (χ3v) is 2.73. The molecule has 1 aliphatic rings. The van der Waals surface area contributed by atoms with Gasteiger partial charge in [-0.05, 0) is 12.8 Å². The molecule has 1 aromatic heterocycles. The molecule has 0 unspecified atom stereocenters. The Morgan fingerprint density at radius 3 is 2.80 bits per heavy atom. The summed E-state index contributed by atoms with van der Waals surface area (Å²) in [5.41, 5.74) is 5.69. The number of rotatable bonds is 3. The fourth-order valence-electron chi connectivity index (χ4n) is 1.95. The molecular formula is C10H16N4O. The summed E-state index contributed by atoms with van der Waals surface area (Å²) < 4.78 is 5.17. The maximum atomic E-state index is 5.69. The molecule has 0 saturated heterocycles. The van der Waals surface area contributed by atoms with Gasteiger partial charge in [-0.2, -0.15) is 0 Å². The average Bonchev–Trinajstić information content (AvgIpc) is 2.71. The van der Waals surface area contributed by atoms with Crippen molar-refractivity contribution in [1.82, 2.24) is 9.97 Å². The van der Waals surface area contributed by atoms with Crippen LogP contribution in [0.5, 0.6) is 5.75 Å². The van der Waals surface area contributed by atoms with Gasteiger partial charge in [0.2, 0.25) is 5.75 Å². The molecule has 1 heterocycles. The highest BCUT2D eigenvalue weighted by atomic mass is 16.5. The Morgan fingerprint density at radius 1 is 1.40 bits per heavy atom. The van der Waals surface area contributed by atoms with E-state index in [0.29, 0.717) is 23.4 Å². The Labute approximate surface area is 89.1 Å². The first kappa shape index (κ1) is 10.0. The molecule has 5 heteroatoms. The van der Waals surface area contributed by atoms with E-state index < -0.39 is 0 Å². The maximum absolute atomic E-state index is 5.69. The van der Waals surface area contributed by atoms with Crippen molar-refractivity contribution in [3.63, 3.8) is 0 Å².